The first-order valence-corrected chi connectivity index (χ1v) is 8.42. The molecule has 0 aliphatic rings. The Morgan fingerprint density at radius 3 is 2.30 bits per heavy atom. The number of hydrogen-bond acceptors (Lipinski definition) is 5. The van der Waals surface area contributed by atoms with Crippen LogP contribution >= 0.6 is 0 Å². The van der Waals surface area contributed by atoms with Crippen LogP contribution in [0.15, 0.2) is 48.6 Å². The van der Waals surface area contributed by atoms with Crippen LogP contribution in [-0.2, 0) is 16.0 Å². The molecule has 0 spiro atoms. The van der Waals surface area contributed by atoms with Gasteiger partial charge in [-0.3, -0.25) is 9.59 Å². The van der Waals surface area contributed by atoms with E-state index in [4.69, 9.17) is 14.2 Å². The fraction of sp³-hybridized carbons (Fsp3) is 0.182. The molecule has 0 bridgehead atoms. The number of methoxy groups -OCH3 is 1. The maximum absolute atomic E-state index is 11.1. The highest BCUT2D eigenvalue weighted by molar-refractivity contribution is 5.78. The summed E-state index contributed by atoms with van der Waals surface area (Å²) in [6, 6.07) is 11.4. The molecular formula is C22H22O5. The van der Waals surface area contributed by atoms with Gasteiger partial charge in [-0.05, 0) is 31.4 Å². The van der Waals surface area contributed by atoms with Crippen LogP contribution in [0.1, 0.15) is 30.0 Å². The van der Waals surface area contributed by atoms with E-state index in [1.165, 1.54) is 7.11 Å². The van der Waals surface area contributed by atoms with Gasteiger partial charge in [-0.25, -0.2) is 0 Å². The third-order valence-corrected chi connectivity index (χ3v) is 3.94. The second kappa shape index (κ2) is 9.97. The highest BCUT2D eigenvalue weighted by Crippen LogP contribution is 2.42. The van der Waals surface area contributed by atoms with Gasteiger partial charge < -0.3 is 14.2 Å². The number of carbonyl (C=O) groups is 2. The average Bonchev–Trinajstić information content (AvgIpc) is 2.67. The van der Waals surface area contributed by atoms with E-state index in [-0.39, 0.29) is 11.5 Å². The van der Waals surface area contributed by atoms with Gasteiger partial charge in [-0.2, -0.15) is 0 Å². The van der Waals surface area contributed by atoms with Gasteiger partial charge in [0, 0.05) is 11.1 Å². The molecule has 0 saturated heterocycles. The summed E-state index contributed by atoms with van der Waals surface area (Å²) < 4.78 is 15.8. The van der Waals surface area contributed by atoms with Gasteiger partial charge >= 0.3 is 0 Å². The fourth-order valence-corrected chi connectivity index (χ4v) is 2.65. The lowest BCUT2D eigenvalue weighted by molar-refractivity contribution is -0.123. The molecule has 0 heterocycles. The summed E-state index contributed by atoms with van der Waals surface area (Å²) in [6.07, 6.45) is 4.84. The predicted octanol–water partition coefficient (Wildman–Crippen LogP) is 4.44. The number of benzene rings is 2. The molecule has 0 radical (unpaired) electrons. The standard InChI is InChI=1S/C22H22O5/c1-16(2)9-12-19-20(25-3)13-18(11-10-17-7-5-4-6-8-17)21(26-14-23)22(19)27-15-24/h4-8,10-11,13-15H,1,9,12H2,2-3H3/b11-10+. The monoisotopic (exact) mass is 366 g/mol. The van der Waals surface area contributed by atoms with Crippen LogP contribution in [0.5, 0.6) is 17.2 Å². The molecule has 0 aromatic heterocycles. The van der Waals surface area contributed by atoms with Gasteiger partial charge in [0.2, 0.25) is 0 Å². The lowest BCUT2D eigenvalue weighted by Gasteiger charge is -2.17. The number of carbonyl (C=O) groups excluding carboxylic acids is 2. The molecule has 140 valence electrons. The third-order valence-electron chi connectivity index (χ3n) is 3.94. The van der Waals surface area contributed by atoms with E-state index in [2.05, 4.69) is 6.58 Å². The Morgan fingerprint density at radius 2 is 1.70 bits per heavy atom. The van der Waals surface area contributed by atoms with Crippen molar-refractivity contribution in [3.05, 3.63) is 65.2 Å². The molecular weight excluding hydrogens is 344 g/mol. The van der Waals surface area contributed by atoms with Crippen molar-refractivity contribution in [3.63, 3.8) is 0 Å². The first kappa shape index (κ1) is 20.0. The Morgan fingerprint density at radius 1 is 1.04 bits per heavy atom. The van der Waals surface area contributed by atoms with Gasteiger partial charge in [0.05, 0.1) is 7.11 Å². The lowest BCUT2D eigenvalue weighted by Crippen LogP contribution is -2.04. The van der Waals surface area contributed by atoms with Gasteiger partial charge in [-0.1, -0.05) is 48.1 Å². The van der Waals surface area contributed by atoms with E-state index in [0.29, 0.717) is 42.7 Å². The minimum absolute atomic E-state index is 0.168. The first-order chi connectivity index (χ1) is 13.1. The maximum Gasteiger partial charge on any atom is 0.298 e. The van der Waals surface area contributed by atoms with Crippen molar-refractivity contribution >= 4 is 25.1 Å². The van der Waals surface area contributed by atoms with Gasteiger partial charge in [0.25, 0.3) is 12.9 Å². The van der Waals surface area contributed by atoms with E-state index >= 15 is 0 Å². The summed E-state index contributed by atoms with van der Waals surface area (Å²) in [5, 5.41) is 0. The van der Waals surface area contributed by atoms with Crippen LogP contribution < -0.4 is 14.2 Å². The summed E-state index contributed by atoms with van der Waals surface area (Å²) in [7, 11) is 1.54. The van der Waals surface area contributed by atoms with E-state index < -0.39 is 0 Å². The van der Waals surface area contributed by atoms with Crippen LogP contribution in [-0.4, -0.2) is 20.1 Å². The second-order valence-corrected chi connectivity index (χ2v) is 5.93. The van der Waals surface area contributed by atoms with Crippen LogP contribution in [0.3, 0.4) is 0 Å². The van der Waals surface area contributed by atoms with Crippen LogP contribution in [0.4, 0.5) is 0 Å². The summed E-state index contributed by atoms with van der Waals surface area (Å²) in [5.74, 6) is 0.881. The summed E-state index contributed by atoms with van der Waals surface area (Å²) in [4.78, 5) is 22.1. The molecule has 0 aliphatic heterocycles. The van der Waals surface area contributed by atoms with Crippen molar-refractivity contribution in [1.82, 2.24) is 0 Å². The molecule has 0 N–H and O–H groups in total. The van der Waals surface area contributed by atoms with E-state index in [1.54, 1.807) is 12.1 Å². The lowest BCUT2D eigenvalue weighted by atomic mass is 10.00. The summed E-state index contributed by atoms with van der Waals surface area (Å²) >= 11 is 0. The van der Waals surface area contributed by atoms with Crippen LogP contribution in [0.25, 0.3) is 12.2 Å². The van der Waals surface area contributed by atoms with Crippen LogP contribution in [0.2, 0.25) is 0 Å². The highest BCUT2D eigenvalue weighted by Gasteiger charge is 2.21. The molecule has 0 unspecified atom stereocenters. The first-order valence-electron chi connectivity index (χ1n) is 8.42. The Labute approximate surface area is 158 Å². The van der Waals surface area contributed by atoms with Crippen molar-refractivity contribution in [3.8, 4) is 17.2 Å². The van der Waals surface area contributed by atoms with Crippen LogP contribution in [0, 0.1) is 0 Å². The normalized spacial score (nSPS) is 10.4. The highest BCUT2D eigenvalue weighted by atomic mass is 16.6. The SMILES string of the molecule is C=C(C)CCc1c(OC)cc(/C=C/c2ccccc2)c(OC=O)c1OC=O. The second-order valence-electron chi connectivity index (χ2n) is 5.93. The van der Waals surface area contributed by atoms with Gasteiger partial charge in [0.1, 0.15) is 5.75 Å². The van der Waals surface area contributed by atoms with Gasteiger partial charge in [0.15, 0.2) is 11.5 Å². The number of allylic oxidation sites excluding steroid dienone is 1. The smallest absolute Gasteiger partial charge is 0.298 e. The van der Waals surface area contributed by atoms with Crippen molar-refractivity contribution < 1.29 is 23.8 Å². The van der Waals surface area contributed by atoms with E-state index in [9.17, 15) is 9.59 Å². The fourth-order valence-electron chi connectivity index (χ4n) is 2.65. The molecule has 0 fully saturated rings. The number of rotatable bonds is 10. The quantitative estimate of drug-likeness (QED) is 0.353. The van der Waals surface area contributed by atoms with Crippen molar-refractivity contribution in [1.29, 1.82) is 0 Å². The third kappa shape index (κ3) is 5.31. The molecule has 0 saturated carbocycles. The van der Waals surface area contributed by atoms with Gasteiger partial charge in [-0.15, -0.1) is 6.58 Å². The molecule has 0 amide bonds. The zero-order valence-corrected chi connectivity index (χ0v) is 15.4. The van der Waals surface area contributed by atoms with E-state index in [1.807, 2.05) is 43.3 Å². The molecule has 2 rings (SSSR count). The van der Waals surface area contributed by atoms with Crippen molar-refractivity contribution in [2.75, 3.05) is 7.11 Å². The largest absolute Gasteiger partial charge is 0.496 e. The van der Waals surface area contributed by atoms with Crippen molar-refractivity contribution in [2.24, 2.45) is 0 Å². The Hall–Kier alpha value is -3.34. The molecule has 5 heteroatoms. The minimum atomic E-state index is 0.168. The molecule has 2 aromatic rings. The molecule has 5 nitrogen and oxygen atoms in total. The number of ether oxygens (including phenoxy) is 3. The zero-order valence-electron chi connectivity index (χ0n) is 15.4. The topological polar surface area (TPSA) is 61.8 Å². The number of hydrogen-bond donors (Lipinski definition) is 0. The summed E-state index contributed by atoms with van der Waals surface area (Å²) in [5.41, 5.74) is 3.14. The predicted molar refractivity (Wildman–Crippen MR) is 105 cm³/mol. The Balaban J connectivity index is 2.59. The minimum Gasteiger partial charge on any atom is -0.496 e. The average molecular weight is 366 g/mol. The Bertz CT molecular complexity index is 838. The molecule has 2 aromatic carbocycles. The van der Waals surface area contributed by atoms with Crippen molar-refractivity contribution in [2.45, 2.75) is 19.8 Å². The zero-order chi connectivity index (χ0) is 19.6. The maximum atomic E-state index is 11.1. The van der Waals surface area contributed by atoms with E-state index in [0.717, 1.165) is 11.1 Å². The summed E-state index contributed by atoms with van der Waals surface area (Å²) in [6.45, 7) is 6.41. The Kier molecular flexibility index (Phi) is 7.37. The molecule has 0 atom stereocenters. The molecule has 0 aliphatic carbocycles. The molecule has 27 heavy (non-hydrogen) atoms.